The topological polar surface area (TPSA) is 70.6 Å². The van der Waals surface area contributed by atoms with Gasteiger partial charge in [-0.05, 0) is 18.2 Å². The SMILES string of the molecule is COc1nc2cc(F)c(F)cc2nc1NC(=O)N1CCN(c2cccc(Br)c2)CC1. The van der Waals surface area contributed by atoms with Gasteiger partial charge in [0.15, 0.2) is 17.5 Å². The highest BCUT2D eigenvalue weighted by atomic mass is 79.9. The van der Waals surface area contributed by atoms with Crippen molar-refractivity contribution in [2.75, 3.05) is 43.5 Å². The first-order valence-electron chi connectivity index (χ1n) is 9.22. The van der Waals surface area contributed by atoms with Crippen LogP contribution in [0.15, 0.2) is 40.9 Å². The summed E-state index contributed by atoms with van der Waals surface area (Å²) >= 11 is 3.47. The van der Waals surface area contributed by atoms with Gasteiger partial charge in [0.25, 0.3) is 5.88 Å². The Balaban J connectivity index is 1.47. The number of ether oxygens (including phenoxy) is 1. The molecule has 0 spiro atoms. The molecule has 1 N–H and O–H groups in total. The fourth-order valence-electron chi connectivity index (χ4n) is 3.28. The molecule has 4 rings (SSSR count). The number of fused-ring (bicyclic) bond motifs is 1. The Kier molecular flexibility index (Phi) is 5.67. The molecule has 2 aromatic carbocycles. The third-order valence-electron chi connectivity index (χ3n) is 4.83. The van der Waals surface area contributed by atoms with Crippen molar-refractivity contribution >= 4 is 44.5 Å². The van der Waals surface area contributed by atoms with Crippen molar-refractivity contribution in [3.63, 3.8) is 0 Å². The fourth-order valence-corrected chi connectivity index (χ4v) is 3.67. The summed E-state index contributed by atoms with van der Waals surface area (Å²) in [4.78, 5) is 24.9. The number of hydrogen-bond donors (Lipinski definition) is 1. The van der Waals surface area contributed by atoms with Crippen molar-refractivity contribution < 1.29 is 18.3 Å². The third-order valence-corrected chi connectivity index (χ3v) is 5.33. The van der Waals surface area contributed by atoms with E-state index in [9.17, 15) is 13.6 Å². The Morgan fingerprint density at radius 1 is 1.07 bits per heavy atom. The molecule has 0 radical (unpaired) electrons. The first-order valence-corrected chi connectivity index (χ1v) is 10.0. The van der Waals surface area contributed by atoms with Crippen LogP contribution in [0.2, 0.25) is 0 Å². The summed E-state index contributed by atoms with van der Waals surface area (Å²) in [6.07, 6.45) is 0. The Hall–Kier alpha value is -3.01. The molecule has 7 nitrogen and oxygen atoms in total. The molecule has 0 saturated carbocycles. The number of nitrogens with one attached hydrogen (secondary N) is 1. The summed E-state index contributed by atoms with van der Waals surface area (Å²) in [5, 5.41) is 2.67. The van der Waals surface area contributed by atoms with E-state index in [0.29, 0.717) is 26.2 Å². The molecule has 10 heteroatoms. The number of nitrogens with zero attached hydrogens (tertiary/aromatic N) is 4. The van der Waals surface area contributed by atoms with Crippen LogP contribution in [0.1, 0.15) is 0 Å². The highest BCUT2D eigenvalue weighted by Gasteiger charge is 2.23. The van der Waals surface area contributed by atoms with Crippen LogP contribution >= 0.6 is 15.9 Å². The van der Waals surface area contributed by atoms with E-state index in [1.165, 1.54) is 7.11 Å². The van der Waals surface area contributed by atoms with Gasteiger partial charge >= 0.3 is 6.03 Å². The largest absolute Gasteiger partial charge is 0.478 e. The van der Waals surface area contributed by atoms with Gasteiger partial charge in [-0.25, -0.2) is 23.5 Å². The van der Waals surface area contributed by atoms with Gasteiger partial charge in [0.1, 0.15) is 0 Å². The number of methoxy groups -OCH3 is 1. The average molecular weight is 478 g/mol. The lowest BCUT2D eigenvalue weighted by Crippen LogP contribution is -2.50. The van der Waals surface area contributed by atoms with E-state index in [1.54, 1.807) is 4.90 Å². The molecule has 3 aromatic rings. The molecular formula is C20H18BrF2N5O2. The number of benzene rings is 2. The van der Waals surface area contributed by atoms with Crippen molar-refractivity contribution in [1.29, 1.82) is 0 Å². The normalized spacial score (nSPS) is 14.1. The Bertz CT molecular complexity index is 1110. The number of halogens is 3. The molecule has 156 valence electrons. The van der Waals surface area contributed by atoms with Gasteiger partial charge in [-0.3, -0.25) is 5.32 Å². The summed E-state index contributed by atoms with van der Waals surface area (Å²) in [6, 6.07) is 9.50. The van der Waals surface area contributed by atoms with Crippen LogP contribution in [-0.2, 0) is 0 Å². The van der Waals surface area contributed by atoms with E-state index in [1.807, 2.05) is 24.3 Å². The minimum atomic E-state index is -1.04. The predicted octanol–water partition coefficient (Wildman–Crippen LogP) is 4.03. The summed E-state index contributed by atoms with van der Waals surface area (Å²) in [7, 11) is 1.36. The lowest BCUT2D eigenvalue weighted by Gasteiger charge is -2.36. The second kappa shape index (κ2) is 8.39. The van der Waals surface area contributed by atoms with Gasteiger partial charge in [0, 0.05) is 48.5 Å². The van der Waals surface area contributed by atoms with Crippen LogP contribution in [0, 0.1) is 11.6 Å². The maximum atomic E-state index is 13.5. The van der Waals surface area contributed by atoms with Gasteiger partial charge in [0.2, 0.25) is 0 Å². The third kappa shape index (κ3) is 4.13. The van der Waals surface area contributed by atoms with E-state index >= 15 is 0 Å². The van der Waals surface area contributed by atoms with Crippen LogP contribution in [0.25, 0.3) is 11.0 Å². The first kappa shape index (κ1) is 20.3. The zero-order chi connectivity index (χ0) is 21.3. The molecule has 1 aliphatic heterocycles. The maximum absolute atomic E-state index is 13.5. The predicted molar refractivity (Wildman–Crippen MR) is 113 cm³/mol. The van der Waals surface area contributed by atoms with Crippen LogP contribution in [0.4, 0.5) is 25.1 Å². The number of rotatable bonds is 3. The van der Waals surface area contributed by atoms with Crippen LogP contribution in [-0.4, -0.2) is 54.2 Å². The monoisotopic (exact) mass is 477 g/mol. The molecule has 0 bridgehead atoms. The number of amides is 2. The lowest BCUT2D eigenvalue weighted by atomic mass is 10.2. The number of urea groups is 1. The molecular weight excluding hydrogens is 460 g/mol. The second-order valence-electron chi connectivity index (χ2n) is 6.72. The highest BCUT2D eigenvalue weighted by molar-refractivity contribution is 9.10. The van der Waals surface area contributed by atoms with Crippen molar-refractivity contribution in [3.05, 3.63) is 52.5 Å². The zero-order valence-electron chi connectivity index (χ0n) is 16.0. The molecule has 1 fully saturated rings. The van der Waals surface area contributed by atoms with Crippen LogP contribution < -0.4 is 15.0 Å². The van der Waals surface area contributed by atoms with Crippen LogP contribution in [0.5, 0.6) is 5.88 Å². The van der Waals surface area contributed by atoms with Crippen molar-refractivity contribution in [2.45, 2.75) is 0 Å². The van der Waals surface area contributed by atoms with E-state index < -0.39 is 11.6 Å². The smallest absolute Gasteiger partial charge is 0.323 e. The minimum Gasteiger partial charge on any atom is -0.478 e. The second-order valence-corrected chi connectivity index (χ2v) is 7.64. The number of anilines is 2. The summed E-state index contributed by atoms with van der Waals surface area (Å²) in [5.41, 5.74) is 1.33. The van der Waals surface area contributed by atoms with E-state index in [2.05, 4.69) is 36.1 Å². The Morgan fingerprint density at radius 2 is 1.73 bits per heavy atom. The Morgan fingerprint density at radius 3 is 2.37 bits per heavy atom. The lowest BCUT2D eigenvalue weighted by molar-refractivity contribution is 0.208. The summed E-state index contributed by atoms with van der Waals surface area (Å²) < 4.78 is 33.1. The summed E-state index contributed by atoms with van der Waals surface area (Å²) in [5.74, 6) is -1.99. The fraction of sp³-hybridized carbons (Fsp3) is 0.250. The zero-order valence-corrected chi connectivity index (χ0v) is 17.6. The summed E-state index contributed by atoms with van der Waals surface area (Å²) in [6.45, 7) is 2.38. The average Bonchev–Trinajstić information content (AvgIpc) is 2.74. The number of hydrogen-bond acceptors (Lipinski definition) is 5. The van der Waals surface area contributed by atoms with E-state index in [4.69, 9.17) is 4.74 Å². The molecule has 30 heavy (non-hydrogen) atoms. The quantitative estimate of drug-likeness (QED) is 0.616. The van der Waals surface area contributed by atoms with Gasteiger partial charge < -0.3 is 14.5 Å². The van der Waals surface area contributed by atoms with Crippen LogP contribution in [0.3, 0.4) is 0 Å². The standard InChI is InChI=1S/C20H18BrF2N5O2/c1-30-19-18(24-16-10-14(22)15(23)11-17(16)25-19)26-20(29)28-7-5-27(6-8-28)13-4-2-3-12(21)9-13/h2-4,9-11H,5-8H2,1H3,(H,24,26,29). The maximum Gasteiger partial charge on any atom is 0.323 e. The molecule has 2 heterocycles. The van der Waals surface area contributed by atoms with Gasteiger partial charge in [0.05, 0.1) is 18.1 Å². The van der Waals surface area contributed by atoms with Gasteiger partial charge in [-0.1, -0.05) is 22.0 Å². The first-order chi connectivity index (χ1) is 14.4. The number of aromatic nitrogens is 2. The highest BCUT2D eigenvalue weighted by Crippen LogP contribution is 2.26. The van der Waals surface area contributed by atoms with Crippen molar-refractivity contribution in [1.82, 2.24) is 14.9 Å². The number of carbonyl (C=O) groups excluding carboxylic acids is 1. The van der Waals surface area contributed by atoms with Gasteiger partial charge in [-0.2, -0.15) is 0 Å². The van der Waals surface area contributed by atoms with Crippen molar-refractivity contribution in [2.24, 2.45) is 0 Å². The molecule has 0 atom stereocenters. The molecule has 1 saturated heterocycles. The van der Waals surface area contributed by atoms with Crippen molar-refractivity contribution in [3.8, 4) is 5.88 Å². The number of piperazine rings is 1. The molecule has 0 aliphatic carbocycles. The minimum absolute atomic E-state index is 0.0228. The Labute approximate surface area is 179 Å². The van der Waals surface area contributed by atoms with E-state index in [-0.39, 0.29) is 28.8 Å². The molecule has 1 aliphatic rings. The number of carbonyl (C=O) groups is 1. The molecule has 1 aromatic heterocycles. The van der Waals surface area contributed by atoms with E-state index in [0.717, 1.165) is 22.3 Å². The molecule has 2 amide bonds. The molecule has 0 unspecified atom stereocenters. The van der Waals surface area contributed by atoms with Gasteiger partial charge in [-0.15, -0.1) is 0 Å².